The Kier molecular flexibility index (Phi) is 5.97. The minimum absolute atomic E-state index is 0.124. The lowest BCUT2D eigenvalue weighted by molar-refractivity contribution is 0.0928. The van der Waals surface area contributed by atoms with Gasteiger partial charge in [-0.3, -0.25) is 9.36 Å². The number of pyridine rings is 1. The highest BCUT2D eigenvalue weighted by Gasteiger charge is 2.18. The van der Waals surface area contributed by atoms with Crippen LogP contribution < -0.4 is 5.32 Å². The lowest BCUT2D eigenvalue weighted by Crippen LogP contribution is -2.34. The standard InChI is InChI=1S/C21H26N6O2/c1-2-7-18-25-21(29-26-18)15-10-11-19(22-12-15)27-13-17(23-14-27)20(28)24-16-8-5-3-4-6-9-16/h10-14,16H,2-9H2,1H3,(H,24,28). The Balaban J connectivity index is 1.42. The van der Waals surface area contributed by atoms with Gasteiger partial charge in [0, 0.05) is 24.9 Å². The summed E-state index contributed by atoms with van der Waals surface area (Å²) < 4.78 is 7.03. The van der Waals surface area contributed by atoms with Gasteiger partial charge in [-0.15, -0.1) is 0 Å². The molecule has 0 unspecified atom stereocenters. The van der Waals surface area contributed by atoms with Gasteiger partial charge in [-0.2, -0.15) is 4.98 Å². The molecule has 0 atom stereocenters. The molecular weight excluding hydrogens is 368 g/mol. The van der Waals surface area contributed by atoms with E-state index in [1.54, 1.807) is 23.3 Å². The maximum absolute atomic E-state index is 12.5. The van der Waals surface area contributed by atoms with Crippen molar-refractivity contribution in [2.45, 2.75) is 64.3 Å². The second kappa shape index (κ2) is 8.98. The number of nitrogens with zero attached hydrogens (tertiary/aromatic N) is 5. The highest BCUT2D eigenvalue weighted by atomic mass is 16.5. The molecule has 0 aliphatic heterocycles. The first-order valence-corrected chi connectivity index (χ1v) is 10.4. The number of hydrogen-bond donors (Lipinski definition) is 1. The fourth-order valence-corrected chi connectivity index (χ4v) is 3.61. The average molecular weight is 394 g/mol. The number of imidazole rings is 1. The van der Waals surface area contributed by atoms with E-state index in [0.717, 1.165) is 31.2 Å². The molecule has 8 heteroatoms. The average Bonchev–Trinajstić information content (AvgIpc) is 3.34. The molecule has 152 valence electrons. The predicted octanol–water partition coefficient (Wildman–Crippen LogP) is 3.72. The van der Waals surface area contributed by atoms with Gasteiger partial charge in [0.05, 0.1) is 5.56 Å². The molecule has 1 saturated carbocycles. The van der Waals surface area contributed by atoms with E-state index in [1.807, 2.05) is 12.1 Å². The van der Waals surface area contributed by atoms with Gasteiger partial charge in [0.1, 0.15) is 17.8 Å². The Labute approximate surface area is 169 Å². The highest BCUT2D eigenvalue weighted by Crippen LogP contribution is 2.19. The molecule has 29 heavy (non-hydrogen) atoms. The van der Waals surface area contributed by atoms with Crippen molar-refractivity contribution in [2.24, 2.45) is 0 Å². The van der Waals surface area contributed by atoms with E-state index in [9.17, 15) is 4.79 Å². The van der Waals surface area contributed by atoms with Crippen LogP contribution >= 0.6 is 0 Å². The van der Waals surface area contributed by atoms with Gasteiger partial charge < -0.3 is 9.84 Å². The molecule has 3 aromatic heterocycles. The molecule has 1 amide bonds. The van der Waals surface area contributed by atoms with Gasteiger partial charge in [0.25, 0.3) is 11.8 Å². The smallest absolute Gasteiger partial charge is 0.271 e. The summed E-state index contributed by atoms with van der Waals surface area (Å²) in [5, 5.41) is 7.09. The normalized spacial score (nSPS) is 15.2. The van der Waals surface area contributed by atoms with Gasteiger partial charge in [-0.05, 0) is 31.4 Å². The van der Waals surface area contributed by atoms with Crippen LogP contribution in [0.1, 0.15) is 68.2 Å². The van der Waals surface area contributed by atoms with Crippen LogP contribution in [0.2, 0.25) is 0 Å². The van der Waals surface area contributed by atoms with E-state index in [1.165, 1.54) is 25.7 Å². The van der Waals surface area contributed by atoms with Crippen LogP contribution in [-0.2, 0) is 6.42 Å². The summed E-state index contributed by atoms with van der Waals surface area (Å²) in [4.78, 5) is 25.6. The third-order valence-electron chi connectivity index (χ3n) is 5.21. The Morgan fingerprint density at radius 2 is 2.03 bits per heavy atom. The molecule has 1 aliphatic carbocycles. The SMILES string of the molecule is CCCc1noc(-c2ccc(-n3cnc(C(=O)NC4CCCCCC4)c3)nc2)n1. The van der Waals surface area contributed by atoms with Crippen LogP contribution in [0.15, 0.2) is 35.4 Å². The van der Waals surface area contributed by atoms with Crippen molar-refractivity contribution < 1.29 is 9.32 Å². The quantitative estimate of drug-likeness (QED) is 0.640. The van der Waals surface area contributed by atoms with Crippen LogP contribution in [0, 0.1) is 0 Å². The molecule has 3 aromatic rings. The van der Waals surface area contributed by atoms with Gasteiger partial charge in [-0.1, -0.05) is 37.8 Å². The third kappa shape index (κ3) is 4.70. The van der Waals surface area contributed by atoms with Crippen LogP contribution in [0.5, 0.6) is 0 Å². The number of rotatable bonds is 6. The predicted molar refractivity (Wildman–Crippen MR) is 108 cm³/mol. The molecule has 3 heterocycles. The second-order valence-electron chi connectivity index (χ2n) is 7.50. The van der Waals surface area contributed by atoms with E-state index < -0.39 is 0 Å². The van der Waals surface area contributed by atoms with Crippen molar-refractivity contribution >= 4 is 5.91 Å². The first kappa shape index (κ1) is 19.3. The number of nitrogens with one attached hydrogen (secondary N) is 1. The Bertz CT molecular complexity index is 938. The molecule has 4 rings (SSSR count). The summed E-state index contributed by atoms with van der Waals surface area (Å²) in [7, 11) is 0. The fraction of sp³-hybridized carbons (Fsp3) is 0.476. The molecular formula is C21H26N6O2. The second-order valence-corrected chi connectivity index (χ2v) is 7.50. The zero-order valence-electron chi connectivity index (χ0n) is 16.7. The van der Waals surface area contributed by atoms with Crippen LogP contribution in [0.4, 0.5) is 0 Å². The molecule has 1 aliphatic rings. The zero-order chi connectivity index (χ0) is 20.1. The molecule has 0 saturated heterocycles. The van der Waals surface area contributed by atoms with E-state index in [0.29, 0.717) is 23.2 Å². The Morgan fingerprint density at radius 3 is 2.76 bits per heavy atom. The van der Waals surface area contributed by atoms with Gasteiger partial charge in [0.2, 0.25) is 0 Å². The maximum Gasteiger partial charge on any atom is 0.271 e. The first-order valence-electron chi connectivity index (χ1n) is 10.4. The molecule has 0 aromatic carbocycles. The number of carbonyl (C=O) groups excluding carboxylic acids is 1. The summed E-state index contributed by atoms with van der Waals surface area (Å²) in [5.74, 6) is 1.71. The summed E-state index contributed by atoms with van der Waals surface area (Å²) in [5.41, 5.74) is 1.16. The summed E-state index contributed by atoms with van der Waals surface area (Å²) >= 11 is 0. The van der Waals surface area contributed by atoms with Crippen LogP contribution in [0.3, 0.4) is 0 Å². The van der Waals surface area contributed by atoms with E-state index in [2.05, 4.69) is 32.3 Å². The van der Waals surface area contributed by atoms with Crippen molar-refractivity contribution in [2.75, 3.05) is 0 Å². The van der Waals surface area contributed by atoms with Crippen molar-refractivity contribution in [3.63, 3.8) is 0 Å². The first-order chi connectivity index (χ1) is 14.2. The third-order valence-corrected chi connectivity index (χ3v) is 5.21. The molecule has 0 bridgehead atoms. The van der Waals surface area contributed by atoms with Crippen molar-refractivity contribution in [1.29, 1.82) is 0 Å². The zero-order valence-corrected chi connectivity index (χ0v) is 16.7. The summed E-state index contributed by atoms with van der Waals surface area (Å²) in [6.45, 7) is 2.07. The number of aryl methyl sites for hydroxylation is 1. The van der Waals surface area contributed by atoms with Crippen molar-refractivity contribution in [3.05, 3.63) is 42.4 Å². The number of aromatic nitrogens is 5. The summed E-state index contributed by atoms with van der Waals surface area (Å²) in [6.07, 6.45) is 13.7. The lowest BCUT2D eigenvalue weighted by Gasteiger charge is -2.15. The fourth-order valence-electron chi connectivity index (χ4n) is 3.61. The topological polar surface area (TPSA) is 98.7 Å². The molecule has 0 radical (unpaired) electrons. The molecule has 8 nitrogen and oxygen atoms in total. The monoisotopic (exact) mass is 394 g/mol. The maximum atomic E-state index is 12.5. The van der Waals surface area contributed by atoms with Crippen molar-refractivity contribution in [3.8, 4) is 17.3 Å². The number of amides is 1. The van der Waals surface area contributed by atoms with Crippen LogP contribution in [0.25, 0.3) is 17.3 Å². The Hall–Kier alpha value is -3.03. The molecule has 1 fully saturated rings. The summed E-state index contributed by atoms with van der Waals surface area (Å²) in [6, 6.07) is 3.96. The van der Waals surface area contributed by atoms with Gasteiger partial charge in [0.15, 0.2) is 5.82 Å². The lowest BCUT2D eigenvalue weighted by atomic mass is 10.1. The van der Waals surface area contributed by atoms with Crippen molar-refractivity contribution in [1.82, 2.24) is 30.0 Å². The number of hydrogen-bond acceptors (Lipinski definition) is 6. The highest BCUT2D eigenvalue weighted by molar-refractivity contribution is 5.92. The molecule has 0 spiro atoms. The van der Waals surface area contributed by atoms with E-state index >= 15 is 0 Å². The number of carbonyl (C=O) groups is 1. The largest absolute Gasteiger partial charge is 0.348 e. The van der Waals surface area contributed by atoms with E-state index in [4.69, 9.17) is 4.52 Å². The minimum atomic E-state index is -0.124. The van der Waals surface area contributed by atoms with Crippen LogP contribution in [-0.4, -0.2) is 36.6 Å². The van der Waals surface area contributed by atoms with Gasteiger partial charge >= 0.3 is 0 Å². The minimum Gasteiger partial charge on any atom is -0.348 e. The van der Waals surface area contributed by atoms with Gasteiger partial charge in [-0.25, -0.2) is 9.97 Å². The van der Waals surface area contributed by atoms with E-state index in [-0.39, 0.29) is 11.9 Å². The molecule has 1 N–H and O–H groups in total. The Morgan fingerprint density at radius 1 is 1.21 bits per heavy atom.